The van der Waals surface area contributed by atoms with Gasteiger partial charge in [0.05, 0.1) is 7.11 Å². The lowest BCUT2D eigenvalue weighted by atomic mass is 9.72. The van der Waals surface area contributed by atoms with E-state index in [9.17, 15) is 4.39 Å². The van der Waals surface area contributed by atoms with Crippen molar-refractivity contribution in [1.82, 2.24) is 0 Å². The predicted molar refractivity (Wildman–Crippen MR) is 75.8 cm³/mol. The van der Waals surface area contributed by atoms with Gasteiger partial charge in [0.15, 0.2) is 11.6 Å². The van der Waals surface area contributed by atoms with Crippen LogP contribution in [0.5, 0.6) is 5.75 Å². The summed E-state index contributed by atoms with van der Waals surface area (Å²) in [4.78, 5) is 0. The number of benzene rings is 1. The van der Waals surface area contributed by atoms with Crippen LogP contribution in [0.25, 0.3) is 0 Å². The SMILES string of the molecule is CCC1CCCC(N)(Cc2ccc(OC)c(F)c2)C1. The molecule has 0 saturated heterocycles. The molecule has 0 radical (unpaired) electrons. The van der Waals surface area contributed by atoms with Crippen LogP contribution in [0.3, 0.4) is 0 Å². The van der Waals surface area contributed by atoms with Crippen molar-refractivity contribution in [2.24, 2.45) is 11.7 Å². The van der Waals surface area contributed by atoms with Crippen LogP contribution < -0.4 is 10.5 Å². The molecule has 2 rings (SSSR count). The van der Waals surface area contributed by atoms with Crippen molar-refractivity contribution in [3.05, 3.63) is 29.6 Å². The molecule has 19 heavy (non-hydrogen) atoms. The normalized spacial score (nSPS) is 27.3. The van der Waals surface area contributed by atoms with E-state index in [1.54, 1.807) is 12.1 Å². The molecule has 1 aromatic rings. The maximum Gasteiger partial charge on any atom is 0.165 e. The molecule has 2 unspecified atom stereocenters. The summed E-state index contributed by atoms with van der Waals surface area (Å²) in [5.41, 5.74) is 7.33. The molecule has 0 spiro atoms. The summed E-state index contributed by atoms with van der Waals surface area (Å²) in [6, 6.07) is 5.17. The summed E-state index contributed by atoms with van der Waals surface area (Å²) in [6.45, 7) is 2.23. The number of rotatable bonds is 4. The van der Waals surface area contributed by atoms with Gasteiger partial charge in [-0.3, -0.25) is 0 Å². The van der Waals surface area contributed by atoms with E-state index in [0.29, 0.717) is 5.75 Å². The summed E-state index contributed by atoms with van der Waals surface area (Å²) in [6.07, 6.45) is 6.51. The highest BCUT2D eigenvalue weighted by Gasteiger charge is 2.32. The van der Waals surface area contributed by atoms with E-state index >= 15 is 0 Å². The first kappa shape index (κ1) is 14.3. The maximum atomic E-state index is 13.7. The van der Waals surface area contributed by atoms with Crippen LogP contribution in [0.2, 0.25) is 0 Å². The van der Waals surface area contributed by atoms with Gasteiger partial charge >= 0.3 is 0 Å². The van der Waals surface area contributed by atoms with Crippen molar-refractivity contribution < 1.29 is 9.13 Å². The Balaban J connectivity index is 2.09. The summed E-state index contributed by atoms with van der Waals surface area (Å²) < 4.78 is 18.6. The molecule has 1 saturated carbocycles. The topological polar surface area (TPSA) is 35.2 Å². The molecule has 106 valence electrons. The zero-order valence-corrected chi connectivity index (χ0v) is 11.9. The van der Waals surface area contributed by atoms with E-state index in [1.165, 1.54) is 26.4 Å². The van der Waals surface area contributed by atoms with Crippen molar-refractivity contribution in [3.63, 3.8) is 0 Å². The van der Waals surface area contributed by atoms with Gasteiger partial charge in [0, 0.05) is 5.54 Å². The molecule has 2 atom stereocenters. The molecule has 3 heteroatoms. The molecule has 0 heterocycles. The average molecular weight is 265 g/mol. The fourth-order valence-electron chi connectivity index (χ4n) is 3.26. The Hall–Kier alpha value is -1.09. The summed E-state index contributed by atoms with van der Waals surface area (Å²) in [5.74, 6) is 0.721. The Morgan fingerprint density at radius 2 is 2.26 bits per heavy atom. The van der Waals surface area contributed by atoms with Crippen LogP contribution in [-0.2, 0) is 6.42 Å². The van der Waals surface area contributed by atoms with E-state index in [0.717, 1.165) is 30.7 Å². The first-order valence-electron chi connectivity index (χ1n) is 7.17. The number of nitrogens with two attached hydrogens (primary N) is 1. The largest absolute Gasteiger partial charge is 0.494 e. The molecular weight excluding hydrogens is 241 g/mol. The average Bonchev–Trinajstić information content (AvgIpc) is 2.38. The number of methoxy groups -OCH3 is 1. The summed E-state index contributed by atoms with van der Waals surface area (Å²) >= 11 is 0. The molecule has 1 aromatic carbocycles. The third-order valence-corrected chi connectivity index (χ3v) is 4.33. The number of halogens is 1. The second kappa shape index (κ2) is 5.91. The van der Waals surface area contributed by atoms with Crippen molar-refractivity contribution in [3.8, 4) is 5.75 Å². The Bertz CT molecular complexity index is 435. The first-order chi connectivity index (χ1) is 9.06. The van der Waals surface area contributed by atoms with Crippen molar-refractivity contribution >= 4 is 0 Å². The Morgan fingerprint density at radius 3 is 2.89 bits per heavy atom. The van der Waals surface area contributed by atoms with E-state index in [2.05, 4.69) is 6.92 Å². The molecule has 0 aliphatic heterocycles. The summed E-state index contributed by atoms with van der Waals surface area (Å²) in [5, 5.41) is 0. The van der Waals surface area contributed by atoms with E-state index in [1.807, 2.05) is 6.07 Å². The molecule has 1 fully saturated rings. The number of hydrogen-bond acceptors (Lipinski definition) is 2. The zero-order chi connectivity index (χ0) is 13.9. The van der Waals surface area contributed by atoms with E-state index in [-0.39, 0.29) is 11.4 Å². The second-order valence-electron chi connectivity index (χ2n) is 5.88. The van der Waals surface area contributed by atoms with Crippen LogP contribution in [0, 0.1) is 11.7 Å². The number of ether oxygens (including phenoxy) is 1. The quantitative estimate of drug-likeness (QED) is 0.901. The lowest BCUT2D eigenvalue weighted by molar-refractivity contribution is 0.218. The monoisotopic (exact) mass is 265 g/mol. The zero-order valence-electron chi connectivity index (χ0n) is 11.9. The van der Waals surface area contributed by atoms with Crippen molar-refractivity contribution in [2.75, 3.05) is 7.11 Å². The van der Waals surface area contributed by atoms with Gasteiger partial charge < -0.3 is 10.5 Å². The van der Waals surface area contributed by atoms with Crippen LogP contribution in [0.4, 0.5) is 4.39 Å². The van der Waals surface area contributed by atoms with Crippen LogP contribution >= 0.6 is 0 Å². The highest BCUT2D eigenvalue weighted by Crippen LogP contribution is 2.35. The smallest absolute Gasteiger partial charge is 0.165 e. The van der Waals surface area contributed by atoms with Gasteiger partial charge in [0.25, 0.3) is 0 Å². The molecule has 1 aliphatic carbocycles. The lowest BCUT2D eigenvalue weighted by Crippen LogP contribution is -2.46. The molecule has 1 aliphatic rings. The summed E-state index contributed by atoms with van der Waals surface area (Å²) in [7, 11) is 1.48. The van der Waals surface area contributed by atoms with E-state index < -0.39 is 0 Å². The molecule has 2 nitrogen and oxygen atoms in total. The Labute approximate surface area is 115 Å². The van der Waals surface area contributed by atoms with Gasteiger partial charge in [-0.25, -0.2) is 4.39 Å². The fraction of sp³-hybridized carbons (Fsp3) is 0.625. The minimum absolute atomic E-state index is 0.167. The number of hydrogen-bond donors (Lipinski definition) is 1. The van der Waals surface area contributed by atoms with Gasteiger partial charge in [-0.15, -0.1) is 0 Å². The van der Waals surface area contributed by atoms with E-state index in [4.69, 9.17) is 10.5 Å². The van der Waals surface area contributed by atoms with Gasteiger partial charge in [-0.05, 0) is 42.9 Å². The van der Waals surface area contributed by atoms with Crippen molar-refractivity contribution in [1.29, 1.82) is 0 Å². The van der Waals surface area contributed by atoms with Gasteiger partial charge in [0.2, 0.25) is 0 Å². The highest BCUT2D eigenvalue weighted by molar-refractivity contribution is 5.30. The fourth-order valence-corrected chi connectivity index (χ4v) is 3.26. The molecule has 2 N–H and O–H groups in total. The first-order valence-corrected chi connectivity index (χ1v) is 7.17. The van der Waals surface area contributed by atoms with Crippen LogP contribution in [0.15, 0.2) is 18.2 Å². The molecular formula is C16H24FNO. The third-order valence-electron chi connectivity index (χ3n) is 4.33. The van der Waals surface area contributed by atoms with Gasteiger partial charge in [-0.1, -0.05) is 32.3 Å². The molecule has 0 amide bonds. The minimum atomic E-state index is -0.300. The van der Waals surface area contributed by atoms with Gasteiger partial charge in [0.1, 0.15) is 0 Å². The van der Waals surface area contributed by atoms with Gasteiger partial charge in [-0.2, -0.15) is 0 Å². The Morgan fingerprint density at radius 1 is 1.47 bits per heavy atom. The Kier molecular flexibility index (Phi) is 4.46. The van der Waals surface area contributed by atoms with Crippen molar-refractivity contribution in [2.45, 2.75) is 51.0 Å². The maximum absolute atomic E-state index is 13.7. The second-order valence-corrected chi connectivity index (χ2v) is 5.88. The molecule has 0 aromatic heterocycles. The van der Waals surface area contributed by atoms with Crippen LogP contribution in [0.1, 0.15) is 44.6 Å². The van der Waals surface area contributed by atoms with Crippen LogP contribution in [-0.4, -0.2) is 12.6 Å². The predicted octanol–water partition coefficient (Wildman–Crippen LogP) is 3.67. The highest BCUT2D eigenvalue weighted by atomic mass is 19.1. The minimum Gasteiger partial charge on any atom is -0.494 e. The third kappa shape index (κ3) is 3.47. The molecule has 0 bridgehead atoms. The lowest BCUT2D eigenvalue weighted by Gasteiger charge is -2.38. The standard InChI is InChI=1S/C16H24FNO/c1-3-12-5-4-8-16(18,10-12)11-13-6-7-15(19-2)14(17)9-13/h6-7,9,12H,3-5,8,10-11,18H2,1-2H3.